The first kappa shape index (κ1) is 29.3. The lowest BCUT2D eigenvalue weighted by atomic mass is 10.1. The number of nitrogens with one attached hydrogen (secondary N) is 3. The number of benzene rings is 1. The third kappa shape index (κ3) is 14.4. The van der Waals surface area contributed by atoms with Crippen molar-refractivity contribution in [3.63, 3.8) is 0 Å². The van der Waals surface area contributed by atoms with E-state index in [-0.39, 0.29) is 18.0 Å². The van der Waals surface area contributed by atoms with E-state index in [2.05, 4.69) is 22.9 Å². The lowest BCUT2D eigenvalue weighted by Crippen LogP contribution is -2.40. The SMILES string of the molecule is CCCCN(C)C(=O)CCCCCCCNC(=O)NCCCN(C)C(=O)NCc1ccccc1. The van der Waals surface area contributed by atoms with Crippen LogP contribution in [0.3, 0.4) is 0 Å². The molecule has 192 valence electrons. The average Bonchev–Trinajstić information content (AvgIpc) is 2.85. The van der Waals surface area contributed by atoms with Crippen molar-refractivity contribution in [2.24, 2.45) is 0 Å². The van der Waals surface area contributed by atoms with Crippen LogP contribution in [0.2, 0.25) is 0 Å². The second-order valence-electron chi connectivity index (χ2n) is 8.79. The van der Waals surface area contributed by atoms with Crippen LogP contribution in [0.5, 0.6) is 0 Å². The molecule has 0 saturated heterocycles. The second kappa shape index (κ2) is 18.6. The predicted octanol–water partition coefficient (Wildman–Crippen LogP) is 4.12. The van der Waals surface area contributed by atoms with Gasteiger partial charge in [-0.2, -0.15) is 0 Å². The summed E-state index contributed by atoms with van der Waals surface area (Å²) in [6.45, 7) is 5.21. The lowest BCUT2D eigenvalue weighted by Gasteiger charge is -2.18. The van der Waals surface area contributed by atoms with Crippen LogP contribution in [0.4, 0.5) is 9.59 Å². The van der Waals surface area contributed by atoms with Gasteiger partial charge in [-0.3, -0.25) is 4.79 Å². The Labute approximate surface area is 205 Å². The number of nitrogens with zero attached hydrogens (tertiary/aromatic N) is 2. The summed E-state index contributed by atoms with van der Waals surface area (Å²) in [4.78, 5) is 39.4. The van der Waals surface area contributed by atoms with Crippen molar-refractivity contribution in [1.29, 1.82) is 0 Å². The molecule has 0 radical (unpaired) electrons. The zero-order chi connectivity index (χ0) is 25.0. The molecule has 0 fully saturated rings. The third-order valence-electron chi connectivity index (χ3n) is 5.71. The van der Waals surface area contributed by atoms with Gasteiger partial charge in [-0.05, 0) is 31.2 Å². The minimum absolute atomic E-state index is 0.124. The number of hydrogen-bond donors (Lipinski definition) is 3. The Morgan fingerprint density at radius 3 is 2.06 bits per heavy atom. The van der Waals surface area contributed by atoms with Crippen molar-refractivity contribution in [3.8, 4) is 0 Å². The highest BCUT2D eigenvalue weighted by molar-refractivity contribution is 5.75. The number of unbranched alkanes of at least 4 members (excludes halogenated alkanes) is 5. The molecule has 5 amide bonds. The van der Waals surface area contributed by atoms with E-state index in [1.807, 2.05) is 42.3 Å². The second-order valence-corrected chi connectivity index (χ2v) is 8.79. The van der Waals surface area contributed by atoms with Gasteiger partial charge >= 0.3 is 12.1 Å². The van der Waals surface area contributed by atoms with Gasteiger partial charge < -0.3 is 25.8 Å². The maximum atomic E-state index is 12.1. The van der Waals surface area contributed by atoms with Gasteiger partial charge in [-0.1, -0.05) is 62.9 Å². The van der Waals surface area contributed by atoms with Crippen molar-refractivity contribution in [2.75, 3.05) is 40.3 Å². The van der Waals surface area contributed by atoms with E-state index in [9.17, 15) is 14.4 Å². The van der Waals surface area contributed by atoms with Crippen LogP contribution in [-0.4, -0.2) is 68.0 Å². The van der Waals surface area contributed by atoms with Crippen molar-refractivity contribution in [1.82, 2.24) is 25.8 Å². The molecule has 0 aromatic heterocycles. The summed E-state index contributed by atoms with van der Waals surface area (Å²) in [5, 5.41) is 8.59. The minimum Gasteiger partial charge on any atom is -0.346 e. The first-order valence-corrected chi connectivity index (χ1v) is 12.7. The Bertz CT molecular complexity index is 699. The molecular formula is C26H45N5O3. The molecule has 0 bridgehead atoms. The highest BCUT2D eigenvalue weighted by Crippen LogP contribution is 2.07. The van der Waals surface area contributed by atoms with Gasteiger partial charge in [0.05, 0.1) is 0 Å². The fraction of sp³-hybridized carbons (Fsp3) is 0.654. The summed E-state index contributed by atoms with van der Waals surface area (Å²) in [7, 11) is 3.64. The molecule has 1 rings (SSSR count). The predicted molar refractivity (Wildman–Crippen MR) is 138 cm³/mol. The van der Waals surface area contributed by atoms with Crippen LogP contribution in [0.15, 0.2) is 30.3 Å². The summed E-state index contributed by atoms with van der Waals surface area (Å²) in [6.07, 6.45) is 8.52. The highest BCUT2D eigenvalue weighted by Gasteiger charge is 2.08. The molecule has 34 heavy (non-hydrogen) atoms. The van der Waals surface area contributed by atoms with Gasteiger partial charge in [0.25, 0.3) is 0 Å². The van der Waals surface area contributed by atoms with Crippen molar-refractivity contribution in [3.05, 3.63) is 35.9 Å². The molecule has 0 saturated carbocycles. The van der Waals surface area contributed by atoms with Gasteiger partial charge in [0.2, 0.25) is 5.91 Å². The zero-order valence-electron chi connectivity index (χ0n) is 21.4. The Hall–Kier alpha value is -2.77. The monoisotopic (exact) mass is 475 g/mol. The summed E-state index contributed by atoms with van der Waals surface area (Å²) < 4.78 is 0. The third-order valence-corrected chi connectivity index (χ3v) is 5.71. The maximum Gasteiger partial charge on any atom is 0.317 e. The molecule has 0 heterocycles. The first-order chi connectivity index (χ1) is 16.4. The molecule has 0 spiro atoms. The summed E-state index contributed by atoms with van der Waals surface area (Å²) in [5.74, 6) is 0.241. The smallest absolute Gasteiger partial charge is 0.317 e. The van der Waals surface area contributed by atoms with E-state index >= 15 is 0 Å². The molecule has 0 aliphatic carbocycles. The van der Waals surface area contributed by atoms with Gasteiger partial charge in [0.15, 0.2) is 0 Å². The van der Waals surface area contributed by atoms with Gasteiger partial charge in [-0.15, -0.1) is 0 Å². The molecule has 0 unspecified atom stereocenters. The van der Waals surface area contributed by atoms with Crippen LogP contribution in [0, 0.1) is 0 Å². The molecule has 0 atom stereocenters. The van der Waals surface area contributed by atoms with E-state index in [1.165, 1.54) is 0 Å². The summed E-state index contributed by atoms with van der Waals surface area (Å²) in [6, 6.07) is 9.49. The largest absolute Gasteiger partial charge is 0.346 e. The van der Waals surface area contributed by atoms with Crippen molar-refractivity contribution in [2.45, 2.75) is 71.3 Å². The summed E-state index contributed by atoms with van der Waals surface area (Å²) >= 11 is 0. The molecule has 0 aliphatic rings. The van der Waals surface area contributed by atoms with Crippen LogP contribution in [0.1, 0.15) is 70.3 Å². The van der Waals surface area contributed by atoms with Crippen molar-refractivity contribution < 1.29 is 14.4 Å². The number of carbonyl (C=O) groups is 3. The van der Waals surface area contributed by atoms with E-state index in [0.29, 0.717) is 39.0 Å². The van der Waals surface area contributed by atoms with Crippen LogP contribution in [0.25, 0.3) is 0 Å². The average molecular weight is 476 g/mol. The quantitative estimate of drug-likeness (QED) is 0.296. The van der Waals surface area contributed by atoms with E-state index < -0.39 is 0 Å². The molecule has 3 N–H and O–H groups in total. The van der Waals surface area contributed by atoms with Gasteiger partial charge in [-0.25, -0.2) is 9.59 Å². The van der Waals surface area contributed by atoms with Gasteiger partial charge in [0.1, 0.15) is 0 Å². The molecular weight excluding hydrogens is 430 g/mol. The fourth-order valence-corrected chi connectivity index (χ4v) is 3.44. The van der Waals surface area contributed by atoms with E-state index in [0.717, 1.165) is 57.1 Å². The Morgan fingerprint density at radius 1 is 0.735 bits per heavy atom. The number of carbonyl (C=O) groups excluding carboxylic acids is 3. The first-order valence-electron chi connectivity index (χ1n) is 12.7. The molecule has 8 nitrogen and oxygen atoms in total. The Balaban J connectivity index is 1.94. The lowest BCUT2D eigenvalue weighted by molar-refractivity contribution is -0.130. The van der Waals surface area contributed by atoms with Gasteiger partial charge in [0, 0.05) is 53.2 Å². The topological polar surface area (TPSA) is 93.8 Å². The molecule has 0 aliphatic heterocycles. The highest BCUT2D eigenvalue weighted by atomic mass is 16.2. The Morgan fingerprint density at radius 2 is 1.35 bits per heavy atom. The summed E-state index contributed by atoms with van der Waals surface area (Å²) in [5.41, 5.74) is 1.06. The van der Waals surface area contributed by atoms with E-state index in [4.69, 9.17) is 0 Å². The number of urea groups is 2. The van der Waals surface area contributed by atoms with Crippen LogP contribution in [-0.2, 0) is 11.3 Å². The van der Waals surface area contributed by atoms with Crippen LogP contribution < -0.4 is 16.0 Å². The number of rotatable bonds is 17. The number of amides is 5. The normalized spacial score (nSPS) is 10.4. The maximum absolute atomic E-state index is 12.1. The van der Waals surface area contributed by atoms with E-state index in [1.54, 1.807) is 11.9 Å². The fourth-order valence-electron chi connectivity index (χ4n) is 3.44. The molecule has 1 aromatic carbocycles. The molecule has 8 heteroatoms. The van der Waals surface area contributed by atoms with Crippen LogP contribution >= 0.6 is 0 Å². The molecule has 1 aromatic rings. The minimum atomic E-state index is -0.170. The van der Waals surface area contributed by atoms with Crippen molar-refractivity contribution >= 4 is 18.0 Å². The standard InChI is InChI=1S/C26H45N5O3/c1-4-5-20-30(2)24(32)17-12-7-6-8-13-18-27-25(33)28-19-14-21-31(3)26(34)29-22-23-15-10-9-11-16-23/h9-11,15-16H,4-8,12-14,17-22H2,1-3H3,(H,29,34)(H2,27,28,33). The Kier molecular flexibility index (Phi) is 16.0. The number of hydrogen-bond acceptors (Lipinski definition) is 3. The zero-order valence-corrected chi connectivity index (χ0v) is 21.4.